The van der Waals surface area contributed by atoms with Crippen LogP contribution in [0.5, 0.6) is 0 Å². The zero-order chi connectivity index (χ0) is 31.3. The number of nitrogens with two attached hydrogens (primary N) is 1. The van der Waals surface area contributed by atoms with E-state index in [0.717, 1.165) is 44.4 Å². The van der Waals surface area contributed by atoms with Gasteiger partial charge in [0.1, 0.15) is 30.2 Å². The van der Waals surface area contributed by atoms with Gasteiger partial charge in [0, 0.05) is 36.8 Å². The van der Waals surface area contributed by atoms with Gasteiger partial charge in [-0.05, 0) is 44.4 Å². The van der Waals surface area contributed by atoms with E-state index in [1.807, 2.05) is 0 Å². The Morgan fingerprint density at radius 1 is 1.13 bits per heavy atom. The molecule has 242 valence electrons. The largest absolute Gasteiger partial charge is 0.461 e. The minimum absolute atomic E-state index is 0.00408. The molecular formula is C30H32ClF5N6O3. The Balaban J connectivity index is 1.25. The highest BCUT2D eigenvalue weighted by molar-refractivity contribution is 6.32. The molecule has 5 fully saturated rings. The lowest BCUT2D eigenvalue weighted by molar-refractivity contribution is -0.188. The first-order valence-corrected chi connectivity index (χ1v) is 15.7. The lowest BCUT2D eigenvalue weighted by Gasteiger charge is -2.52. The van der Waals surface area contributed by atoms with Gasteiger partial charge in [-0.2, -0.15) is 23.2 Å². The number of nitrogens with zero attached hydrogens (tertiary/aromatic N) is 5. The third-order valence-electron chi connectivity index (χ3n) is 10.4. The second-order valence-corrected chi connectivity index (χ2v) is 13.6. The van der Waals surface area contributed by atoms with Crippen LogP contribution in [0.2, 0.25) is 5.02 Å². The van der Waals surface area contributed by atoms with Crippen molar-refractivity contribution in [2.75, 3.05) is 51.8 Å². The van der Waals surface area contributed by atoms with E-state index in [9.17, 15) is 17.6 Å². The van der Waals surface area contributed by atoms with Gasteiger partial charge < -0.3 is 24.8 Å². The monoisotopic (exact) mass is 654 g/mol. The molecule has 0 amide bonds. The summed E-state index contributed by atoms with van der Waals surface area (Å²) in [5.74, 6) is -1.54. The quantitative estimate of drug-likeness (QED) is 0.374. The average Bonchev–Trinajstić information content (AvgIpc) is 3.64. The van der Waals surface area contributed by atoms with Crippen LogP contribution in [0.3, 0.4) is 0 Å². The van der Waals surface area contributed by atoms with E-state index in [-0.39, 0.29) is 42.1 Å². The number of nitrogen functional groups attached to an aromatic ring is 1. The molecule has 1 spiro atoms. The number of allylic oxidation sites excluding steroid dienone is 1. The summed E-state index contributed by atoms with van der Waals surface area (Å²) in [6.07, 6.45) is -3.36. The molecule has 5 atom stereocenters. The molecule has 45 heavy (non-hydrogen) atoms. The number of alkyl halides is 4. The summed E-state index contributed by atoms with van der Waals surface area (Å²) < 4.78 is 92.2. The van der Waals surface area contributed by atoms with E-state index in [1.165, 1.54) is 0 Å². The van der Waals surface area contributed by atoms with Crippen LogP contribution < -0.4 is 5.73 Å². The maximum Gasteiger partial charge on any atom is 0.418 e. The molecule has 8 rings (SSSR count). The third-order valence-corrected chi connectivity index (χ3v) is 10.7. The Morgan fingerprint density at radius 3 is 2.71 bits per heavy atom. The number of hydrogen-bond donors (Lipinski definition) is 1. The summed E-state index contributed by atoms with van der Waals surface area (Å²) in [5.41, 5.74) is 2.27. The van der Waals surface area contributed by atoms with Crippen molar-refractivity contribution in [2.24, 2.45) is 26.3 Å². The number of ether oxygens (including phenoxy) is 3. The molecule has 7 aliphatic rings. The van der Waals surface area contributed by atoms with E-state index in [2.05, 4.69) is 19.8 Å². The summed E-state index contributed by atoms with van der Waals surface area (Å²) >= 11 is 6.04. The third kappa shape index (κ3) is 4.61. The molecule has 1 aromatic carbocycles. The Morgan fingerprint density at radius 2 is 1.96 bits per heavy atom. The van der Waals surface area contributed by atoms with Crippen molar-refractivity contribution in [1.29, 1.82) is 0 Å². The molecule has 0 saturated carbocycles. The summed E-state index contributed by atoms with van der Waals surface area (Å²) in [4.78, 5) is 17.9. The normalized spacial score (nSPS) is 33.9. The van der Waals surface area contributed by atoms with Crippen LogP contribution in [0, 0.1) is 11.3 Å². The molecule has 0 aliphatic carbocycles. The van der Waals surface area contributed by atoms with Crippen molar-refractivity contribution in [3.63, 3.8) is 0 Å². The second-order valence-electron chi connectivity index (χ2n) is 13.2. The van der Waals surface area contributed by atoms with E-state index in [4.69, 9.17) is 36.5 Å². The van der Waals surface area contributed by atoms with Gasteiger partial charge in [0.25, 0.3) is 0 Å². The van der Waals surface area contributed by atoms with Gasteiger partial charge in [-0.25, -0.2) is 13.8 Å². The van der Waals surface area contributed by atoms with Crippen LogP contribution >= 0.6 is 11.6 Å². The topological polar surface area (TPSA) is 97.3 Å². The lowest BCUT2D eigenvalue weighted by atomic mass is 9.76. The number of halogens is 6. The highest BCUT2D eigenvalue weighted by Crippen LogP contribution is 2.48. The molecule has 7 aliphatic heterocycles. The Bertz CT molecular complexity index is 1560. The molecule has 2 unspecified atom stereocenters. The SMILES string of the molecule is Nc1cc(Cl)c(C(F)(F)F)c(C2=NC3OCC4(COC4)[C@H]4CCCN4C4=NC(OC[C@@]56CCCN5C[C@H](F)C6)=NC(=C2F)C43)c1. The first kappa shape index (κ1) is 29.6. The number of aliphatic imine (C=N–C) groups is 3. The van der Waals surface area contributed by atoms with Crippen LogP contribution in [-0.2, 0) is 20.4 Å². The zero-order valence-electron chi connectivity index (χ0n) is 24.3. The van der Waals surface area contributed by atoms with Crippen molar-refractivity contribution in [3.05, 3.63) is 39.8 Å². The van der Waals surface area contributed by atoms with Crippen molar-refractivity contribution >= 4 is 34.9 Å². The Labute approximate surface area is 260 Å². The number of amidine groups is 2. The van der Waals surface area contributed by atoms with E-state index in [1.54, 1.807) is 0 Å². The van der Waals surface area contributed by atoms with Crippen molar-refractivity contribution < 1.29 is 36.2 Å². The first-order chi connectivity index (χ1) is 21.5. The van der Waals surface area contributed by atoms with E-state index < -0.39 is 57.7 Å². The van der Waals surface area contributed by atoms with Gasteiger partial charge in [0.2, 0.25) is 0 Å². The number of rotatable bonds is 3. The molecule has 1 aromatic rings. The van der Waals surface area contributed by atoms with Gasteiger partial charge in [0.05, 0.1) is 47.1 Å². The molecule has 0 bridgehead atoms. The van der Waals surface area contributed by atoms with Gasteiger partial charge in [-0.15, -0.1) is 0 Å². The molecule has 15 heteroatoms. The van der Waals surface area contributed by atoms with Crippen LogP contribution in [0.25, 0.3) is 0 Å². The fourth-order valence-electron chi connectivity index (χ4n) is 8.36. The number of hydrogen-bond acceptors (Lipinski definition) is 9. The number of benzene rings is 1. The van der Waals surface area contributed by atoms with Crippen LogP contribution in [0.4, 0.5) is 27.6 Å². The summed E-state index contributed by atoms with van der Waals surface area (Å²) in [6, 6.07) is 1.85. The lowest BCUT2D eigenvalue weighted by Crippen LogP contribution is -2.63. The van der Waals surface area contributed by atoms with Crippen molar-refractivity contribution in [3.8, 4) is 0 Å². The fraction of sp³-hybridized carbons (Fsp3) is 0.633. The van der Waals surface area contributed by atoms with E-state index >= 15 is 4.39 Å². The maximum absolute atomic E-state index is 16.7. The predicted molar refractivity (Wildman–Crippen MR) is 156 cm³/mol. The van der Waals surface area contributed by atoms with Gasteiger partial charge in [-0.3, -0.25) is 4.90 Å². The Kier molecular flexibility index (Phi) is 6.80. The van der Waals surface area contributed by atoms with Crippen LogP contribution in [0.1, 0.15) is 43.2 Å². The molecule has 7 heterocycles. The van der Waals surface area contributed by atoms with Gasteiger partial charge in [0.15, 0.2) is 12.1 Å². The summed E-state index contributed by atoms with van der Waals surface area (Å²) in [6.45, 7) is 2.93. The number of fused-ring (bicyclic) bond motifs is 4. The maximum atomic E-state index is 16.7. The van der Waals surface area contributed by atoms with Crippen molar-refractivity contribution in [1.82, 2.24) is 9.80 Å². The molecule has 9 nitrogen and oxygen atoms in total. The number of dihydropyridines is 1. The predicted octanol–water partition coefficient (Wildman–Crippen LogP) is 4.74. The van der Waals surface area contributed by atoms with Gasteiger partial charge >= 0.3 is 12.2 Å². The minimum Gasteiger partial charge on any atom is -0.461 e. The van der Waals surface area contributed by atoms with E-state index in [0.29, 0.717) is 38.6 Å². The second kappa shape index (κ2) is 10.3. The van der Waals surface area contributed by atoms with Crippen molar-refractivity contribution in [2.45, 2.75) is 62.3 Å². The zero-order valence-corrected chi connectivity index (χ0v) is 25.0. The summed E-state index contributed by atoms with van der Waals surface area (Å²) in [5, 5.41) is -0.675. The highest BCUT2D eigenvalue weighted by Gasteiger charge is 2.57. The van der Waals surface area contributed by atoms with Gasteiger partial charge in [-0.1, -0.05) is 11.6 Å². The standard InChI is InChI=1S/C30H32ClF5N6O3/c31-18-8-16(37)7-17(21(18)30(34,35)36)23-22(33)24-20-25(40-27(39-24)45-14-29-4-2-5-41(29)10-15(32)9-29)42-6-1-3-19(42)28(11-43-12-28)13-44-26(20)38-23/h7-8,15,19-20,26H,1-6,9-14,37H2/t15-,19-,20?,26?,29+/m1/s1. The minimum atomic E-state index is -4.93. The molecule has 5 saturated heterocycles. The average molecular weight is 655 g/mol. The molecular weight excluding hydrogens is 623 g/mol. The molecule has 0 radical (unpaired) electrons. The highest BCUT2D eigenvalue weighted by atomic mass is 35.5. The molecule has 2 N–H and O–H groups in total. The number of anilines is 1. The first-order valence-electron chi connectivity index (χ1n) is 15.3. The fourth-order valence-corrected chi connectivity index (χ4v) is 8.69. The van der Waals surface area contributed by atoms with Crippen LogP contribution in [-0.4, -0.2) is 97.4 Å². The Hall–Kier alpha value is -2.81. The summed E-state index contributed by atoms with van der Waals surface area (Å²) in [7, 11) is 0. The smallest absolute Gasteiger partial charge is 0.418 e. The van der Waals surface area contributed by atoms with Crippen LogP contribution in [0.15, 0.2) is 38.6 Å². The molecule has 0 aromatic heterocycles.